The fourth-order valence-electron chi connectivity index (χ4n) is 1.41. The summed E-state index contributed by atoms with van der Waals surface area (Å²) in [6.07, 6.45) is 5.24. The molecule has 0 radical (unpaired) electrons. The highest BCUT2D eigenvalue weighted by Gasteiger charge is 2.06. The molecule has 0 aromatic carbocycles. The van der Waals surface area contributed by atoms with E-state index >= 15 is 0 Å². The van der Waals surface area contributed by atoms with E-state index in [0.717, 1.165) is 11.3 Å². The van der Waals surface area contributed by atoms with Crippen molar-refractivity contribution in [2.24, 2.45) is 0 Å². The minimum Gasteiger partial charge on any atom is -0.382 e. The second-order valence-corrected chi connectivity index (χ2v) is 4.61. The van der Waals surface area contributed by atoms with Gasteiger partial charge in [0.05, 0.1) is 6.33 Å². The maximum Gasteiger partial charge on any atom is 0.191 e. The Kier molecular flexibility index (Phi) is 3.61. The van der Waals surface area contributed by atoms with Crippen molar-refractivity contribution in [2.45, 2.75) is 31.3 Å². The average molecular weight is 237 g/mol. The molecule has 0 aliphatic carbocycles. The maximum absolute atomic E-state index is 5.80. The normalized spacial score (nSPS) is 11.1. The van der Waals surface area contributed by atoms with E-state index in [0.29, 0.717) is 16.6 Å². The molecule has 0 aliphatic rings. The standard InChI is InChI=1S/C10H15N5S/c1-2-3-4-5-16-10-14-8(11)7-9(15-10)13-6-12-7/h6H,2-5H2,1H3,(H3,11,12,13,14,15). The molecule has 0 bridgehead atoms. The molecule has 0 atom stereocenters. The van der Waals surface area contributed by atoms with E-state index in [9.17, 15) is 0 Å². The minimum atomic E-state index is 0.473. The lowest BCUT2D eigenvalue weighted by molar-refractivity contribution is 0.777. The fraction of sp³-hybridized carbons (Fsp3) is 0.500. The van der Waals surface area contributed by atoms with E-state index in [1.807, 2.05) is 0 Å². The largest absolute Gasteiger partial charge is 0.382 e. The van der Waals surface area contributed by atoms with Crippen LogP contribution in [0.25, 0.3) is 11.2 Å². The average Bonchev–Trinajstić information content (AvgIpc) is 2.73. The number of nitrogens with one attached hydrogen (secondary N) is 1. The van der Waals surface area contributed by atoms with Crippen LogP contribution in [-0.4, -0.2) is 25.7 Å². The van der Waals surface area contributed by atoms with Gasteiger partial charge in [0.1, 0.15) is 5.52 Å². The predicted molar refractivity (Wildman–Crippen MR) is 66.3 cm³/mol. The van der Waals surface area contributed by atoms with Crippen molar-refractivity contribution < 1.29 is 0 Å². The molecular formula is C10H15N5S. The first kappa shape index (κ1) is 11.2. The van der Waals surface area contributed by atoms with Crippen LogP contribution >= 0.6 is 11.8 Å². The van der Waals surface area contributed by atoms with Crippen LogP contribution in [0.15, 0.2) is 11.5 Å². The summed E-state index contributed by atoms with van der Waals surface area (Å²) in [5.41, 5.74) is 7.16. The number of anilines is 1. The topological polar surface area (TPSA) is 80.5 Å². The van der Waals surface area contributed by atoms with Gasteiger partial charge in [0.15, 0.2) is 16.6 Å². The number of nitrogens with two attached hydrogens (primary N) is 1. The Morgan fingerprint density at radius 3 is 3.06 bits per heavy atom. The molecule has 16 heavy (non-hydrogen) atoms. The number of imidazole rings is 1. The molecule has 3 N–H and O–H groups in total. The van der Waals surface area contributed by atoms with Gasteiger partial charge < -0.3 is 10.7 Å². The number of fused-ring (bicyclic) bond motifs is 1. The first-order valence-electron chi connectivity index (χ1n) is 5.40. The Morgan fingerprint density at radius 2 is 2.25 bits per heavy atom. The zero-order valence-electron chi connectivity index (χ0n) is 9.23. The van der Waals surface area contributed by atoms with Crippen molar-refractivity contribution in [3.63, 3.8) is 0 Å². The molecule has 0 saturated heterocycles. The van der Waals surface area contributed by atoms with Gasteiger partial charge in [-0.15, -0.1) is 0 Å². The number of H-pyrrole nitrogens is 1. The van der Waals surface area contributed by atoms with E-state index in [1.165, 1.54) is 19.3 Å². The highest BCUT2D eigenvalue weighted by molar-refractivity contribution is 7.99. The number of unbranched alkanes of at least 4 members (excludes halogenated alkanes) is 2. The van der Waals surface area contributed by atoms with Gasteiger partial charge in [-0.2, -0.15) is 0 Å². The van der Waals surface area contributed by atoms with E-state index in [1.54, 1.807) is 18.1 Å². The molecule has 2 aromatic heterocycles. The molecule has 2 aromatic rings. The van der Waals surface area contributed by atoms with Gasteiger partial charge in [-0.1, -0.05) is 31.5 Å². The van der Waals surface area contributed by atoms with Crippen LogP contribution in [0.2, 0.25) is 0 Å². The molecule has 0 spiro atoms. The highest BCUT2D eigenvalue weighted by atomic mass is 32.2. The van der Waals surface area contributed by atoms with E-state index in [2.05, 4.69) is 26.9 Å². The van der Waals surface area contributed by atoms with Crippen molar-refractivity contribution in [3.05, 3.63) is 6.33 Å². The van der Waals surface area contributed by atoms with Crippen molar-refractivity contribution in [2.75, 3.05) is 11.5 Å². The molecule has 0 fully saturated rings. The predicted octanol–water partition coefficient (Wildman–Crippen LogP) is 2.22. The molecule has 86 valence electrons. The van der Waals surface area contributed by atoms with Crippen LogP contribution in [0.4, 0.5) is 5.82 Å². The molecule has 6 heteroatoms. The number of nitrogen functional groups attached to an aromatic ring is 1. The van der Waals surface area contributed by atoms with Crippen molar-refractivity contribution in [1.82, 2.24) is 19.9 Å². The van der Waals surface area contributed by atoms with Crippen LogP contribution in [-0.2, 0) is 0 Å². The van der Waals surface area contributed by atoms with Crippen LogP contribution < -0.4 is 5.73 Å². The van der Waals surface area contributed by atoms with Gasteiger partial charge in [0.25, 0.3) is 0 Å². The van der Waals surface area contributed by atoms with Crippen LogP contribution in [0, 0.1) is 0 Å². The Morgan fingerprint density at radius 1 is 1.38 bits per heavy atom. The SMILES string of the molecule is CCCCCSc1nc(N)c2[nH]cnc2n1. The number of hydrogen-bond donors (Lipinski definition) is 2. The van der Waals surface area contributed by atoms with Crippen LogP contribution in [0.3, 0.4) is 0 Å². The molecule has 2 rings (SSSR count). The zero-order valence-corrected chi connectivity index (χ0v) is 10.0. The Hall–Kier alpha value is -1.30. The summed E-state index contributed by atoms with van der Waals surface area (Å²) in [6, 6.07) is 0. The Balaban J connectivity index is 2.06. The fourth-order valence-corrected chi connectivity index (χ4v) is 2.26. The lowest BCUT2D eigenvalue weighted by Crippen LogP contribution is -1.97. The first-order chi connectivity index (χ1) is 7.81. The van der Waals surface area contributed by atoms with Gasteiger partial charge in [-0.25, -0.2) is 15.0 Å². The van der Waals surface area contributed by atoms with E-state index in [-0.39, 0.29) is 0 Å². The Bertz CT molecular complexity index is 467. The zero-order chi connectivity index (χ0) is 11.4. The van der Waals surface area contributed by atoms with Crippen LogP contribution in [0.1, 0.15) is 26.2 Å². The quantitative estimate of drug-likeness (QED) is 0.473. The molecule has 0 unspecified atom stereocenters. The second-order valence-electron chi connectivity index (χ2n) is 3.55. The molecule has 0 aliphatic heterocycles. The van der Waals surface area contributed by atoms with Gasteiger partial charge in [0.2, 0.25) is 0 Å². The third-order valence-corrected chi connectivity index (χ3v) is 3.21. The number of nitrogens with zero attached hydrogens (tertiary/aromatic N) is 3. The van der Waals surface area contributed by atoms with Crippen molar-refractivity contribution in [3.8, 4) is 0 Å². The summed E-state index contributed by atoms with van der Waals surface area (Å²) >= 11 is 1.64. The van der Waals surface area contributed by atoms with Gasteiger partial charge in [-0.05, 0) is 6.42 Å². The number of rotatable bonds is 5. The summed E-state index contributed by atoms with van der Waals surface area (Å²) < 4.78 is 0. The van der Waals surface area contributed by atoms with Gasteiger partial charge >= 0.3 is 0 Å². The van der Waals surface area contributed by atoms with Crippen molar-refractivity contribution in [1.29, 1.82) is 0 Å². The summed E-state index contributed by atoms with van der Waals surface area (Å²) in [7, 11) is 0. The maximum atomic E-state index is 5.80. The molecular weight excluding hydrogens is 222 g/mol. The third-order valence-electron chi connectivity index (χ3n) is 2.27. The summed E-state index contributed by atoms with van der Waals surface area (Å²) in [4.78, 5) is 15.6. The number of aromatic amines is 1. The van der Waals surface area contributed by atoms with Crippen LogP contribution in [0.5, 0.6) is 0 Å². The second kappa shape index (κ2) is 5.16. The summed E-state index contributed by atoms with van der Waals surface area (Å²) in [5.74, 6) is 1.50. The minimum absolute atomic E-state index is 0.473. The smallest absolute Gasteiger partial charge is 0.191 e. The lowest BCUT2D eigenvalue weighted by atomic mass is 10.3. The summed E-state index contributed by atoms with van der Waals surface area (Å²) in [6.45, 7) is 2.19. The van der Waals surface area contributed by atoms with E-state index in [4.69, 9.17) is 5.73 Å². The lowest BCUT2D eigenvalue weighted by Gasteiger charge is -2.01. The number of thioether (sulfide) groups is 1. The number of hydrogen-bond acceptors (Lipinski definition) is 5. The third kappa shape index (κ3) is 2.44. The molecule has 2 heterocycles. The summed E-state index contributed by atoms with van der Waals surface area (Å²) in [5, 5.41) is 0.716. The monoisotopic (exact) mass is 237 g/mol. The molecule has 0 saturated carbocycles. The molecule has 0 amide bonds. The highest BCUT2D eigenvalue weighted by Crippen LogP contribution is 2.20. The Labute approximate surface area is 98.3 Å². The van der Waals surface area contributed by atoms with Gasteiger partial charge in [0, 0.05) is 5.75 Å². The van der Waals surface area contributed by atoms with Gasteiger partial charge in [-0.3, -0.25) is 0 Å². The number of aromatic nitrogens is 4. The van der Waals surface area contributed by atoms with Crippen molar-refractivity contribution >= 4 is 28.7 Å². The molecule has 5 nitrogen and oxygen atoms in total. The first-order valence-corrected chi connectivity index (χ1v) is 6.39. The van der Waals surface area contributed by atoms with E-state index < -0.39 is 0 Å².